The van der Waals surface area contributed by atoms with Crippen LogP contribution in [0, 0.1) is 11.3 Å². The van der Waals surface area contributed by atoms with Gasteiger partial charge >= 0.3 is 6.18 Å². The first kappa shape index (κ1) is 20.3. The first-order valence-electron chi connectivity index (χ1n) is 9.08. The molecule has 1 heterocycles. The third kappa shape index (κ3) is 6.66. The molecule has 1 saturated carbocycles. The molecule has 0 aromatic rings. The second-order valence-electron chi connectivity index (χ2n) is 7.41. The average molecular weight is 364 g/mol. The van der Waals surface area contributed by atoms with Gasteiger partial charge in [-0.1, -0.05) is 6.42 Å². The number of ether oxygens (including phenoxy) is 1. The topological polar surface area (TPSA) is 48.9 Å². The molecular weight excluding hydrogens is 333 g/mol. The maximum atomic E-state index is 12.4. The summed E-state index contributed by atoms with van der Waals surface area (Å²) in [7, 11) is 3.45. The molecule has 1 unspecified atom stereocenters. The smallest absolute Gasteiger partial charge is 0.385 e. The van der Waals surface area contributed by atoms with Gasteiger partial charge in [0, 0.05) is 40.4 Å². The zero-order valence-corrected chi connectivity index (χ0v) is 15.3. The highest BCUT2D eigenvalue weighted by Gasteiger charge is 2.37. The summed E-state index contributed by atoms with van der Waals surface area (Å²) in [4.78, 5) is 5.72. The van der Waals surface area contributed by atoms with Crippen LogP contribution in [0.5, 0.6) is 0 Å². The molecule has 2 aliphatic rings. The summed E-state index contributed by atoms with van der Waals surface area (Å²) in [5, 5.41) is 6.66. The van der Waals surface area contributed by atoms with E-state index >= 15 is 0 Å². The van der Waals surface area contributed by atoms with E-state index in [4.69, 9.17) is 4.74 Å². The maximum Gasteiger partial charge on any atom is 0.401 e. The predicted molar refractivity (Wildman–Crippen MR) is 92.7 cm³/mol. The van der Waals surface area contributed by atoms with Crippen molar-refractivity contribution in [1.82, 2.24) is 15.5 Å². The SMILES string of the molecule is CN=C(NCC1CCN(CC(F)(F)F)C1)NCC1(CCOC)CCC1. The monoisotopic (exact) mass is 364 g/mol. The Morgan fingerprint density at radius 3 is 2.64 bits per heavy atom. The Balaban J connectivity index is 1.69. The Bertz CT molecular complexity index is 438. The second kappa shape index (κ2) is 9.07. The number of hydrogen-bond acceptors (Lipinski definition) is 3. The summed E-state index contributed by atoms with van der Waals surface area (Å²) in [5.74, 6) is 0.963. The van der Waals surface area contributed by atoms with Crippen molar-refractivity contribution in [1.29, 1.82) is 0 Å². The minimum absolute atomic E-state index is 0.229. The van der Waals surface area contributed by atoms with E-state index in [1.54, 1.807) is 14.2 Å². The van der Waals surface area contributed by atoms with Crippen LogP contribution in [0.4, 0.5) is 13.2 Å². The number of aliphatic imine (C=N–C) groups is 1. The van der Waals surface area contributed by atoms with Gasteiger partial charge in [0.15, 0.2) is 5.96 Å². The largest absolute Gasteiger partial charge is 0.401 e. The van der Waals surface area contributed by atoms with Crippen LogP contribution in [0.25, 0.3) is 0 Å². The lowest BCUT2D eigenvalue weighted by molar-refractivity contribution is -0.143. The number of rotatable bonds is 8. The molecule has 146 valence electrons. The van der Waals surface area contributed by atoms with Crippen molar-refractivity contribution in [2.75, 3.05) is 53.5 Å². The van der Waals surface area contributed by atoms with Gasteiger partial charge in [0.1, 0.15) is 0 Å². The standard InChI is InChI=1S/C17H31F3N4O/c1-21-15(23-12-16(5-3-6-16)7-9-25-2)22-10-14-4-8-24(11-14)13-17(18,19)20/h14H,3-13H2,1-2H3,(H2,21,22,23). The lowest BCUT2D eigenvalue weighted by Gasteiger charge is -2.42. The summed E-state index contributed by atoms with van der Waals surface area (Å²) < 4.78 is 42.6. The van der Waals surface area contributed by atoms with Crippen LogP contribution in [-0.4, -0.2) is 70.5 Å². The fourth-order valence-electron chi connectivity index (χ4n) is 3.72. The van der Waals surface area contributed by atoms with Crippen LogP contribution in [0.1, 0.15) is 32.1 Å². The molecular formula is C17H31F3N4O. The number of guanidine groups is 1. The van der Waals surface area contributed by atoms with Gasteiger partial charge in [-0.3, -0.25) is 9.89 Å². The molecule has 25 heavy (non-hydrogen) atoms. The molecule has 8 heteroatoms. The second-order valence-corrected chi connectivity index (χ2v) is 7.41. The number of nitrogens with zero attached hydrogens (tertiary/aromatic N) is 2. The first-order valence-corrected chi connectivity index (χ1v) is 9.08. The fraction of sp³-hybridized carbons (Fsp3) is 0.941. The highest BCUT2D eigenvalue weighted by molar-refractivity contribution is 5.79. The molecule has 0 bridgehead atoms. The Kier molecular flexibility index (Phi) is 7.37. The minimum atomic E-state index is -4.11. The van der Waals surface area contributed by atoms with Crippen molar-refractivity contribution in [2.24, 2.45) is 16.3 Å². The number of nitrogens with one attached hydrogen (secondary N) is 2. The third-order valence-electron chi connectivity index (χ3n) is 5.44. The number of alkyl halides is 3. The molecule has 0 spiro atoms. The van der Waals surface area contributed by atoms with E-state index in [1.165, 1.54) is 24.2 Å². The molecule has 0 radical (unpaired) electrons. The summed E-state index contributed by atoms with van der Waals surface area (Å²) in [6, 6.07) is 0. The van der Waals surface area contributed by atoms with E-state index < -0.39 is 12.7 Å². The lowest BCUT2D eigenvalue weighted by atomic mass is 9.67. The van der Waals surface area contributed by atoms with E-state index in [0.29, 0.717) is 25.0 Å². The number of hydrogen-bond donors (Lipinski definition) is 2. The van der Waals surface area contributed by atoms with E-state index in [1.807, 2.05) is 0 Å². The summed E-state index contributed by atoms with van der Waals surface area (Å²) in [6.45, 7) is 2.47. The molecule has 1 aliphatic carbocycles. The highest BCUT2D eigenvalue weighted by Crippen LogP contribution is 2.43. The zero-order valence-electron chi connectivity index (χ0n) is 15.3. The van der Waals surface area contributed by atoms with Crippen molar-refractivity contribution >= 4 is 5.96 Å². The number of methoxy groups -OCH3 is 1. The molecule has 0 amide bonds. The zero-order chi connectivity index (χ0) is 18.3. The quantitative estimate of drug-likeness (QED) is 0.512. The van der Waals surface area contributed by atoms with E-state index in [0.717, 1.165) is 32.0 Å². The van der Waals surface area contributed by atoms with Crippen molar-refractivity contribution in [2.45, 2.75) is 38.3 Å². The van der Waals surface area contributed by atoms with E-state index in [2.05, 4.69) is 15.6 Å². The van der Waals surface area contributed by atoms with Gasteiger partial charge in [-0.05, 0) is 43.6 Å². The van der Waals surface area contributed by atoms with Crippen molar-refractivity contribution in [3.8, 4) is 0 Å². The van der Waals surface area contributed by atoms with E-state index in [-0.39, 0.29) is 5.92 Å². The van der Waals surface area contributed by atoms with Crippen LogP contribution in [0.15, 0.2) is 4.99 Å². The lowest BCUT2D eigenvalue weighted by Crippen LogP contribution is -2.47. The van der Waals surface area contributed by atoms with Gasteiger partial charge in [0.2, 0.25) is 0 Å². The normalized spacial score (nSPS) is 24.2. The molecule has 2 N–H and O–H groups in total. The highest BCUT2D eigenvalue weighted by atomic mass is 19.4. The van der Waals surface area contributed by atoms with Crippen LogP contribution in [0.3, 0.4) is 0 Å². The Labute approximate surface area is 148 Å². The predicted octanol–water partition coefficient (Wildman–Crippen LogP) is 2.24. The van der Waals surface area contributed by atoms with Gasteiger partial charge < -0.3 is 15.4 Å². The van der Waals surface area contributed by atoms with Gasteiger partial charge in [-0.25, -0.2) is 0 Å². The molecule has 0 aromatic heterocycles. The minimum Gasteiger partial charge on any atom is -0.385 e. The maximum absolute atomic E-state index is 12.4. The van der Waals surface area contributed by atoms with Gasteiger partial charge in [0.25, 0.3) is 0 Å². The van der Waals surface area contributed by atoms with Crippen LogP contribution < -0.4 is 10.6 Å². The molecule has 2 rings (SSSR count). The summed E-state index contributed by atoms with van der Waals surface area (Å²) >= 11 is 0. The first-order chi connectivity index (χ1) is 11.9. The average Bonchev–Trinajstić information content (AvgIpc) is 2.94. The van der Waals surface area contributed by atoms with E-state index in [9.17, 15) is 13.2 Å². The van der Waals surface area contributed by atoms with Crippen molar-refractivity contribution in [3.63, 3.8) is 0 Å². The molecule has 5 nitrogen and oxygen atoms in total. The summed E-state index contributed by atoms with van der Waals surface area (Å²) in [5.41, 5.74) is 0.296. The Morgan fingerprint density at radius 1 is 1.32 bits per heavy atom. The molecule has 1 aliphatic heterocycles. The Hall–Kier alpha value is -1.02. The third-order valence-corrected chi connectivity index (χ3v) is 5.44. The van der Waals surface area contributed by atoms with Crippen molar-refractivity contribution in [3.05, 3.63) is 0 Å². The molecule has 0 aromatic carbocycles. The fourth-order valence-corrected chi connectivity index (χ4v) is 3.72. The van der Waals surface area contributed by atoms with Crippen molar-refractivity contribution < 1.29 is 17.9 Å². The molecule has 2 fully saturated rings. The Morgan fingerprint density at radius 2 is 2.08 bits per heavy atom. The summed E-state index contributed by atoms with van der Waals surface area (Å²) in [6.07, 6.45) is 1.39. The van der Waals surface area contributed by atoms with Gasteiger partial charge in [-0.15, -0.1) is 0 Å². The van der Waals surface area contributed by atoms with Crippen LogP contribution in [0.2, 0.25) is 0 Å². The number of halogens is 3. The number of likely N-dealkylation sites (tertiary alicyclic amines) is 1. The molecule has 1 atom stereocenters. The molecule has 1 saturated heterocycles. The van der Waals surface area contributed by atoms with Gasteiger partial charge in [-0.2, -0.15) is 13.2 Å². The van der Waals surface area contributed by atoms with Crippen LogP contribution in [-0.2, 0) is 4.74 Å². The van der Waals surface area contributed by atoms with Crippen LogP contribution >= 0.6 is 0 Å². The van der Waals surface area contributed by atoms with Gasteiger partial charge in [0.05, 0.1) is 6.54 Å².